The average molecular weight is 330 g/mol. The molecule has 0 radical (unpaired) electrons. The fourth-order valence-corrected chi connectivity index (χ4v) is 1.96. The lowest BCUT2D eigenvalue weighted by atomic mass is 9.99. The summed E-state index contributed by atoms with van der Waals surface area (Å²) in [7, 11) is 0. The standard InChI is InChI=1S/C11H7IO4/c1-2-3-6-8(12)5-4-7(10(13)14)9(6)11(15)16/h1,4-5H,3H2,(H,13,14)(H,15,16). The van der Waals surface area contributed by atoms with Crippen molar-refractivity contribution in [1.82, 2.24) is 0 Å². The van der Waals surface area contributed by atoms with Crippen LogP contribution in [0.3, 0.4) is 0 Å². The van der Waals surface area contributed by atoms with Crippen LogP contribution in [0, 0.1) is 15.9 Å². The molecule has 5 heteroatoms. The van der Waals surface area contributed by atoms with Crippen LogP contribution in [0.4, 0.5) is 0 Å². The SMILES string of the molecule is C#CCc1c(I)ccc(C(=O)O)c1C(=O)O. The van der Waals surface area contributed by atoms with E-state index in [4.69, 9.17) is 16.6 Å². The van der Waals surface area contributed by atoms with Gasteiger partial charge in [0.15, 0.2) is 0 Å². The van der Waals surface area contributed by atoms with E-state index >= 15 is 0 Å². The lowest BCUT2D eigenvalue weighted by Gasteiger charge is -2.08. The molecule has 0 saturated heterocycles. The number of hydrogen-bond donors (Lipinski definition) is 2. The lowest BCUT2D eigenvalue weighted by molar-refractivity contribution is 0.0650. The molecule has 0 heterocycles. The average Bonchev–Trinajstić information content (AvgIpc) is 2.20. The van der Waals surface area contributed by atoms with Crippen LogP contribution in [0.25, 0.3) is 0 Å². The summed E-state index contributed by atoms with van der Waals surface area (Å²) in [5.41, 5.74) is -0.0917. The molecule has 2 N–H and O–H groups in total. The maximum absolute atomic E-state index is 11.0. The Bertz CT molecular complexity index is 499. The minimum Gasteiger partial charge on any atom is -0.478 e. The van der Waals surface area contributed by atoms with Gasteiger partial charge in [-0.15, -0.1) is 12.3 Å². The number of halogens is 1. The van der Waals surface area contributed by atoms with Crippen LogP contribution in [0.15, 0.2) is 12.1 Å². The Labute approximate surface area is 105 Å². The molecule has 1 rings (SSSR count). The first-order valence-corrected chi connectivity index (χ1v) is 5.28. The summed E-state index contributed by atoms with van der Waals surface area (Å²) >= 11 is 1.93. The largest absolute Gasteiger partial charge is 0.478 e. The Kier molecular flexibility index (Phi) is 3.90. The van der Waals surface area contributed by atoms with Crippen molar-refractivity contribution in [3.8, 4) is 12.3 Å². The van der Waals surface area contributed by atoms with Crippen molar-refractivity contribution >= 4 is 34.5 Å². The van der Waals surface area contributed by atoms with Crippen LogP contribution < -0.4 is 0 Å². The molecule has 1 aromatic carbocycles. The van der Waals surface area contributed by atoms with E-state index < -0.39 is 11.9 Å². The number of carbonyl (C=O) groups is 2. The Hall–Kier alpha value is -1.55. The van der Waals surface area contributed by atoms with Crippen LogP contribution in [0.2, 0.25) is 0 Å². The molecule has 0 atom stereocenters. The van der Waals surface area contributed by atoms with Gasteiger partial charge in [0.25, 0.3) is 0 Å². The second-order valence-corrected chi connectivity index (χ2v) is 4.10. The second-order valence-electron chi connectivity index (χ2n) is 2.94. The van der Waals surface area contributed by atoms with Crippen molar-refractivity contribution in [3.05, 3.63) is 32.4 Å². The minimum absolute atomic E-state index is 0.0982. The highest BCUT2D eigenvalue weighted by Gasteiger charge is 2.21. The van der Waals surface area contributed by atoms with Crippen LogP contribution in [-0.4, -0.2) is 22.2 Å². The molecule has 0 aliphatic heterocycles. The molecule has 0 bridgehead atoms. The summed E-state index contributed by atoms with van der Waals surface area (Å²) in [4.78, 5) is 21.9. The van der Waals surface area contributed by atoms with Gasteiger partial charge in [0, 0.05) is 9.99 Å². The first kappa shape index (κ1) is 12.5. The quantitative estimate of drug-likeness (QED) is 0.655. The van der Waals surface area contributed by atoms with Gasteiger partial charge >= 0.3 is 11.9 Å². The van der Waals surface area contributed by atoms with Gasteiger partial charge in [-0.3, -0.25) is 0 Å². The summed E-state index contributed by atoms with van der Waals surface area (Å²) in [6.45, 7) is 0. The number of aromatic carboxylic acids is 2. The van der Waals surface area contributed by atoms with Crippen molar-refractivity contribution in [3.63, 3.8) is 0 Å². The molecule has 0 aromatic heterocycles. The van der Waals surface area contributed by atoms with Crippen molar-refractivity contribution in [2.45, 2.75) is 6.42 Å². The predicted octanol–water partition coefficient (Wildman–Crippen LogP) is 1.86. The van der Waals surface area contributed by atoms with E-state index in [2.05, 4.69) is 5.92 Å². The smallest absolute Gasteiger partial charge is 0.336 e. The third-order valence-corrected chi connectivity index (χ3v) is 2.99. The predicted molar refractivity (Wildman–Crippen MR) is 65.6 cm³/mol. The first-order chi connectivity index (χ1) is 7.49. The van der Waals surface area contributed by atoms with Gasteiger partial charge < -0.3 is 10.2 Å². The number of rotatable bonds is 3. The summed E-state index contributed by atoms with van der Waals surface area (Å²) in [5, 5.41) is 17.9. The van der Waals surface area contributed by atoms with E-state index in [0.29, 0.717) is 9.13 Å². The summed E-state index contributed by atoms with van der Waals surface area (Å²) in [6, 6.07) is 2.82. The van der Waals surface area contributed by atoms with Crippen molar-refractivity contribution in [2.24, 2.45) is 0 Å². The van der Waals surface area contributed by atoms with E-state index in [1.807, 2.05) is 22.6 Å². The van der Waals surface area contributed by atoms with E-state index in [1.54, 1.807) is 6.07 Å². The van der Waals surface area contributed by atoms with Gasteiger partial charge in [0.2, 0.25) is 0 Å². The Morgan fingerprint density at radius 2 is 1.94 bits per heavy atom. The molecule has 0 saturated carbocycles. The maximum atomic E-state index is 11.0. The van der Waals surface area contributed by atoms with Gasteiger partial charge in [0.1, 0.15) is 0 Å². The molecule has 16 heavy (non-hydrogen) atoms. The molecular weight excluding hydrogens is 323 g/mol. The number of hydrogen-bond acceptors (Lipinski definition) is 2. The molecule has 82 valence electrons. The molecule has 0 spiro atoms. The first-order valence-electron chi connectivity index (χ1n) is 4.20. The monoisotopic (exact) mass is 330 g/mol. The summed E-state index contributed by atoms with van der Waals surface area (Å²) in [5.74, 6) is -0.223. The molecule has 0 amide bonds. The van der Waals surface area contributed by atoms with Crippen molar-refractivity contribution in [1.29, 1.82) is 0 Å². The van der Waals surface area contributed by atoms with Gasteiger partial charge in [-0.25, -0.2) is 9.59 Å². The van der Waals surface area contributed by atoms with Crippen LogP contribution in [-0.2, 0) is 6.42 Å². The summed E-state index contributed by atoms with van der Waals surface area (Å²) < 4.78 is 0.651. The number of carboxylic acid groups (broad SMARTS) is 2. The highest BCUT2D eigenvalue weighted by Crippen LogP contribution is 2.22. The van der Waals surface area contributed by atoms with E-state index in [9.17, 15) is 9.59 Å². The maximum Gasteiger partial charge on any atom is 0.336 e. The summed E-state index contributed by atoms with van der Waals surface area (Å²) in [6.07, 6.45) is 5.23. The van der Waals surface area contributed by atoms with E-state index in [0.717, 1.165) is 0 Å². The molecular formula is C11H7IO4. The van der Waals surface area contributed by atoms with E-state index in [1.165, 1.54) is 6.07 Å². The van der Waals surface area contributed by atoms with Gasteiger partial charge in [-0.1, -0.05) is 0 Å². The molecule has 1 aromatic rings. The molecule has 0 aliphatic carbocycles. The van der Waals surface area contributed by atoms with Crippen molar-refractivity contribution in [2.75, 3.05) is 0 Å². The Balaban J connectivity index is 3.57. The number of benzene rings is 1. The van der Waals surface area contributed by atoms with Gasteiger partial charge in [-0.05, 0) is 40.3 Å². The fraction of sp³-hybridized carbons (Fsp3) is 0.0909. The van der Waals surface area contributed by atoms with Crippen molar-refractivity contribution < 1.29 is 19.8 Å². The minimum atomic E-state index is -1.28. The molecule has 0 unspecified atom stereocenters. The normalized spacial score (nSPS) is 9.50. The Morgan fingerprint density at radius 3 is 2.38 bits per heavy atom. The fourth-order valence-electron chi connectivity index (χ4n) is 1.32. The van der Waals surface area contributed by atoms with Gasteiger partial charge in [0.05, 0.1) is 11.1 Å². The highest BCUT2D eigenvalue weighted by atomic mass is 127. The zero-order valence-electron chi connectivity index (χ0n) is 8.03. The third-order valence-electron chi connectivity index (χ3n) is 1.98. The zero-order valence-corrected chi connectivity index (χ0v) is 10.2. The van der Waals surface area contributed by atoms with Crippen LogP contribution >= 0.6 is 22.6 Å². The molecule has 0 fully saturated rings. The second kappa shape index (κ2) is 4.99. The lowest BCUT2D eigenvalue weighted by Crippen LogP contribution is -2.12. The van der Waals surface area contributed by atoms with Crippen LogP contribution in [0.5, 0.6) is 0 Å². The molecule has 0 aliphatic rings. The highest BCUT2D eigenvalue weighted by molar-refractivity contribution is 14.1. The topological polar surface area (TPSA) is 74.6 Å². The zero-order chi connectivity index (χ0) is 12.3. The Morgan fingerprint density at radius 1 is 1.31 bits per heavy atom. The molecule has 4 nitrogen and oxygen atoms in total. The third kappa shape index (κ3) is 2.33. The van der Waals surface area contributed by atoms with Crippen LogP contribution in [0.1, 0.15) is 26.3 Å². The van der Waals surface area contributed by atoms with E-state index in [-0.39, 0.29) is 17.5 Å². The number of terminal acetylenes is 1. The number of carboxylic acids is 2. The van der Waals surface area contributed by atoms with Gasteiger partial charge in [-0.2, -0.15) is 0 Å².